The zero-order valence-corrected chi connectivity index (χ0v) is 13.9. The van der Waals surface area contributed by atoms with Crippen molar-refractivity contribution in [3.05, 3.63) is 40.8 Å². The van der Waals surface area contributed by atoms with Crippen LogP contribution in [0.2, 0.25) is 0 Å². The monoisotopic (exact) mass is 379 g/mol. The van der Waals surface area contributed by atoms with Crippen molar-refractivity contribution in [3.63, 3.8) is 0 Å². The number of phenolic OH excluding ortho intramolecular Hbond substituents is 3. The summed E-state index contributed by atoms with van der Waals surface area (Å²) < 4.78 is 43.7. The van der Waals surface area contributed by atoms with Crippen molar-refractivity contribution in [1.82, 2.24) is 0 Å². The van der Waals surface area contributed by atoms with Crippen LogP contribution in [0.25, 0.3) is 22.1 Å². The second-order valence-electron chi connectivity index (χ2n) is 5.27. The molecule has 0 bridgehead atoms. The standard InChI is InChI=1S/C16H12O9S/c1-24-16-10(18)5-11-13(15(16)20)14(19)8(6-25-11)7-2-3-9(17)12(4-7)26(21,22)23/h2-6,17-18,20H,1H3,(H,21,22,23)/p-1. The molecule has 0 aliphatic rings. The number of methoxy groups -OCH3 is 1. The molecular weight excluding hydrogens is 368 g/mol. The minimum atomic E-state index is -4.98. The first-order chi connectivity index (χ1) is 12.1. The molecule has 3 rings (SSSR count). The van der Waals surface area contributed by atoms with Gasteiger partial charge in [0.25, 0.3) is 0 Å². The van der Waals surface area contributed by atoms with Crippen LogP contribution in [-0.4, -0.2) is 35.4 Å². The maximum absolute atomic E-state index is 12.7. The predicted octanol–water partition coefficient (Wildman–Crippen LogP) is 1.49. The summed E-state index contributed by atoms with van der Waals surface area (Å²) in [5.41, 5.74) is -1.10. The van der Waals surface area contributed by atoms with E-state index in [0.29, 0.717) is 0 Å². The van der Waals surface area contributed by atoms with Gasteiger partial charge in [0.15, 0.2) is 11.5 Å². The van der Waals surface area contributed by atoms with Crippen molar-refractivity contribution in [2.24, 2.45) is 0 Å². The van der Waals surface area contributed by atoms with Crippen molar-refractivity contribution in [2.75, 3.05) is 7.11 Å². The number of rotatable bonds is 3. The number of ether oxygens (including phenoxy) is 1. The molecule has 0 atom stereocenters. The Labute approximate surface area is 146 Å². The number of benzene rings is 2. The molecule has 0 aliphatic heterocycles. The topological polar surface area (TPSA) is 157 Å². The zero-order chi connectivity index (χ0) is 19.2. The predicted molar refractivity (Wildman–Crippen MR) is 87.4 cm³/mol. The molecule has 9 nitrogen and oxygen atoms in total. The van der Waals surface area contributed by atoms with Gasteiger partial charge in [0.05, 0.1) is 17.6 Å². The lowest BCUT2D eigenvalue weighted by atomic mass is 10.0. The number of fused-ring (bicyclic) bond motifs is 1. The number of phenols is 3. The van der Waals surface area contributed by atoms with Gasteiger partial charge in [0, 0.05) is 6.07 Å². The summed E-state index contributed by atoms with van der Waals surface area (Å²) >= 11 is 0. The third-order valence-electron chi connectivity index (χ3n) is 3.72. The molecule has 2 aromatic carbocycles. The molecular formula is C16H11O9S-. The van der Waals surface area contributed by atoms with E-state index in [1.807, 2.05) is 0 Å². The molecule has 0 saturated heterocycles. The van der Waals surface area contributed by atoms with Crippen molar-refractivity contribution < 1.29 is 37.4 Å². The highest BCUT2D eigenvalue weighted by atomic mass is 32.2. The summed E-state index contributed by atoms with van der Waals surface area (Å²) in [4.78, 5) is 11.8. The van der Waals surface area contributed by atoms with E-state index in [0.717, 1.165) is 24.5 Å². The van der Waals surface area contributed by atoms with Crippen molar-refractivity contribution in [3.8, 4) is 34.1 Å². The van der Waals surface area contributed by atoms with Gasteiger partial charge in [-0.1, -0.05) is 6.07 Å². The Morgan fingerprint density at radius 1 is 1.12 bits per heavy atom. The van der Waals surface area contributed by atoms with E-state index in [-0.39, 0.29) is 27.8 Å². The molecule has 10 heteroatoms. The lowest BCUT2D eigenvalue weighted by molar-refractivity contribution is 0.346. The molecule has 0 fully saturated rings. The van der Waals surface area contributed by atoms with Gasteiger partial charge in [-0.15, -0.1) is 0 Å². The van der Waals surface area contributed by atoms with Crippen LogP contribution >= 0.6 is 0 Å². The quantitative estimate of drug-likeness (QED) is 0.573. The second kappa shape index (κ2) is 5.93. The summed E-state index contributed by atoms with van der Waals surface area (Å²) in [5, 5.41) is 29.2. The van der Waals surface area contributed by atoms with Gasteiger partial charge in [-0.25, -0.2) is 8.42 Å². The molecule has 1 aromatic heterocycles. The van der Waals surface area contributed by atoms with Crippen LogP contribution in [0.1, 0.15) is 0 Å². The molecule has 0 saturated carbocycles. The lowest BCUT2D eigenvalue weighted by Gasteiger charge is -2.12. The van der Waals surface area contributed by atoms with E-state index in [4.69, 9.17) is 9.15 Å². The molecule has 26 heavy (non-hydrogen) atoms. The second-order valence-corrected chi connectivity index (χ2v) is 6.61. The highest BCUT2D eigenvalue weighted by molar-refractivity contribution is 7.85. The fourth-order valence-corrected chi connectivity index (χ4v) is 3.11. The first-order valence-electron chi connectivity index (χ1n) is 6.99. The molecule has 0 spiro atoms. The van der Waals surface area contributed by atoms with Gasteiger partial charge >= 0.3 is 0 Å². The number of hydrogen-bond acceptors (Lipinski definition) is 9. The normalized spacial score (nSPS) is 11.6. The first kappa shape index (κ1) is 17.6. The highest BCUT2D eigenvalue weighted by Crippen LogP contribution is 2.41. The third-order valence-corrected chi connectivity index (χ3v) is 4.58. The molecule has 0 radical (unpaired) electrons. The van der Waals surface area contributed by atoms with Crippen LogP contribution in [0, 0.1) is 0 Å². The van der Waals surface area contributed by atoms with E-state index in [1.165, 1.54) is 13.2 Å². The van der Waals surface area contributed by atoms with E-state index >= 15 is 0 Å². The Kier molecular flexibility index (Phi) is 4.01. The van der Waals surface area contributed by atoms with Gasteiger partial charge in [0.2, 0.25) is 11.2 Å². The van der Waals surface area contributed by atoms with Gasteiger partial charge in [-0.05, 0) is 17.7 Å². The number of hydrogen-bond donors (Lipinski definition) is 3. The minimum Gasteiger partial charge on any atom is -0.744 e. The fourth-order valence-electron chi connectivity index (χ4n) is 2.52. The summed E-state index contributed by atoms with van der Waals surface area (Å²) in [6.45, 7) is 0. The van der Waals surface area contributed by atoms with Crippen molar-refractivity contribution in [1.29, 1.82) is 0 Å². The largest absolute Gasteiger partial charge is 0.744 e. The van der Waals surface area contributed by atoms with Gasteiger partial charge in [-0.3, -0.25) is 4.79 Å². The van der Waals surface area contributed by atoms with Crippen LogP contribution in [0.15, 0.2) is 44.6 Å². The minimum absolute atomic E-state index is 0.0284. The van der Waals surface area contributed by atoms with Gasteiger partial charge in [0.1, 0.15) is 33.1 Å². The SMILES string of the molecule is COc1c(O)cc2occ(-c3ccc(O)c(S(=O)(=O)[O-])c3)c(=O)c2c1O. The summed E-state index contributed by atoms with van der Waals surface area (Å²) in [7, 11) is -3.80. The molecule has 136 valence electrons. The molecule has 3 N–H and O–H groups in total. The molecule has 0 amide bonds. The first-order valence-corrected chi connectivity index (χ1v) is 8.39. The van der Waals surface area contributed by atoms with Crippen molar-refractivity contribution in [2.45, 2.75) is 4.90 Å². The van der Waals surface area contributed by atoms with Crippen LogP contribution in [-0.2, 0) is 10.1 Å². The third kappa shape index (κ3) is 2.70. The maximum atomic E-state index is 12.7. The lowest BCUT2D eigenvalue weighted by Crippen LogP contribution is -2.07. The average Bonchev–Trinajstić information content (AvgIpc) is 2.55. The van der Waals surface area contributed by atoms with E-state index in [1.54, 1.807) is 0 Å². The average molecular weight is 379 g/mol. The highest BCUT2D eigenvalue weighted by Gasteiger charge is 2.20. The number of aromatic hydroxyl groups is 3. The maximum Gasteiger partial charge on any atom is 0.204 e. The smallest absolute Gasteiger partial charge is 0.204 e. The van der Waals surface area contributed by atoms with Crippen LogP contribution in [0.4, 0.5) is 0 Å². The molecule has 1 heterocycles. The van der Waals surface area contributed by atoms with E-state index in [9.17, 15) is 33.1 Å². The van der Waals surface area contributed by atoms with Crippen LogP contribution in [0.3, 0.4) is 0 Å². The summed E-state index contributed by atoms with van der Waals surface area (Å²) in [5.74, 6) is -2.20. The molecule has 0 unspecified atom stereocenters. The summed E-state index contributed by atoms with van der Waals surface area (Å²) in [6.07, 6.45) is 0.976. The Morgan fingerprint density at radius 2 is 1.81 bits per heavy atom. The Bertz CT molecular complexity index is 1190. The Balaban J connectivity index is 2.35. The Morgan fingerprint density at radius 3 is 2.42 bits per heavy atom. The van der Waals surface area contributed by atoms with Crippen LogP contribution in [0.5, 0.6) is 23.0 Å². The zero-order valence-electron chi connectivity index (χ0n) is 13.1. The van der Waals surface area contributed by atoms with E-state index < -0.39 is 37.7 Å². The fraction of sp³-hybridized carbons (Fsp3) is 0.0625. The van der Waals surface area contributed by atoms with Gasteiger partial charge < -0.3 is 29.0 Å². The molecule has 0 aliphatic carbocycles. The van der Waals surface area contributed by atoms with E-state index in [2.05, 4.69) is 0 Å². The summed E-state index contributed by atoms with van der Waals surface area (Å²) in [6, 6.07) is 4.05. The van der Waals surface area contributed by atoms with Crippen molar-refractivity contribution >= 4 is 21.1 Å². The van der Waals surface area contributed by atoms with Crippen LogP contribution < -0.4 is 10.2 Å². The van der Waals surface area contributed by atoms with Gasteiger partial charge in [-0.2, -0.15) is 0 Å². The Hall–Kier alpha value is -3.24. The molecule has 3 aromatic rings.